The summed E-state index contributed by atoms with van der Waals surface area (Å²) in [6.45, 7) is 6.74. The van der Waals surface area contributed by atoms with Gasteiger partial charge in [0.2, 0.25) is 5.78 Å². The second-order valence-electron chi connectivity index (χ2n) is 3.90. The van der Waals surface area contributed by atoms with Crippen molar-refractivity contribution in [3.8, 4) is 0 Å². The Morgan fingerprint density at radius 2 is 1.75 bits per heavy atom. The zero-order chi connectivity index (χ0) is 15.5. The maximum atomic E-state index is 11.3. The number of hydrogen-bond donors (Lipinski definition) is 1. The molecule has 0 spiro atoms. The smallest absolute Gasteiger partial charge is 0.333 e. The average Bonchev–Trinajstić information content (AvgIpc) is 2.40. The van der Waals surface area contributed by atoms with E-state index in [1.54, 1.807) is 6.92 Å². The highest BCUT2D eigenvalue weighted by Gasteiger charge is 2.15. The van der Waals surface area contributed by atoms with Gasteiger partial charge in [-0.3, -0.25) is 14.4 Å². The predicted octanol–water partition coefficient (Wildman–Crippen LogP) is 0.134. The molecule has 1 amide bonds. The number of esters is 2. The van der Waals surface area contributed by atoms with Gasteiger partial charge < -0.3 is 14.8 Å². The fraction of sp³-hybridized carbons (Fsp3) is 0.538. The number of amides is 1. The fourth-order valence-corrected chi connectivity index (χ4v) is 1.09. The summed E-state index contributed by atoms with van der Waals surface area (Å²) in [6.07, 6.45) is -0.346. The molecule has 0 heterocycles. The zero-order valence-corrected chi connectivity index (χ0v) is 11.7. The lowest BCUT2D eigenvalue weighted by Gasteiger charge is -2.06. The predicted molar refractivity (Wildman–Crippen MR) is 69.7 cm³/mol. The fourth-order valence-electron chi connectivity index (χ4n) is 1.09. The first-order chi connectivity index (χ1) is 9.38. The van der Waals surface area contributed by atoms with Crippen LogP contribution in [0.1, 0.15) is 26.7 Å². The molecule has 20 heavy (non-hydrogen) atoms. The molecule has 0 aliphatic carbocycles. The summed E-state index contributed by atoms with van der Waals surface area (Å²) in [4.78, 5) is 44.7. The minimum atomic E-state index is -0.819. The van der Waals surface area contributed by atoms with Gasteiger partial charge in [0.25, 0.3) is 5.91 Å². The number of ether oxygens (including phenoxy) is 2. The first-order valence-electron chi connectivity index (χ1n) is 6.17. The summed E-state index contributed by atoms with van der Waals surface area (Å²) >= 11 is 0. The highest BCUT2D eigenvalue weighted by Crippen LogP contribution is 1.95. The Balaban J connectivity index is 3.81. The van der Waals surface area contributed by atoms with Crippen molar-refractivity contribution < 1.29 is 28.7 Å². The van der Waals surface area contributed by atoms with Crippen LogP contribution in [-0.2, 0) is 28.7 Å². The van der Waals surface area contributed by atoms with E-state index in [1.165, 1.54) is 6.92 Å². The number of Topliss-reactive ketones (excluding diaryl/α,β-unsaturated/α-hetero) is 1. The van der Waals surface area contributed by atoms with Gasteiger partial charge in [0, 0.05) is 12.0 Å². The zero-order valence-electron chi connectivity index (χ0n) is 11.7. The molecule has 0 bridgehead atoms. The average molecular weight is 285 g/mol. The molecule has 7 heteroatoms. The Kier molecular flexibility index (Phi) is 8.65. The van der Waals surface area contributed by atoms with Gasteiger partial charge in [-0.25, -0.2) is 4.79 Å². The lowest BCUT2D eigenvalue weighted by atomic mass is 10.2. The topological polar surface area (TPSA) is 98.8 Å². The van der Waals surface area contributed by atoms with Gasteiger partial charge in [0.1, 0.15) is 6.61 Å². The van der Waals surface area contributed by atoms with Crippen molar-refractivity contribution in [1.82, 2.24) is 5.32 Å². The van der Waals surface area contributed by atoms with Crippen molar-refractivity contribution in [2.75, 3.05) is 19.8 Å². The van der Waals surface area contributed by atoms with E-state index in [0.717, 1.165) is 0 Å². The first kappa shape index (κ1) is 17.8. The van der Waals surface area contributed by atoms with Crippen LogP contribution in [0.25, 0.3) is 0 Å². The largest absolute Gasteiger partial charge is 0.466 e. The van der Waals surface area contributed by atoms with E-state index in [2.05, 4.69) is 16.6 Å². The van der Waals surface area contributed by atoms with Gasteiger partial charge in [0.15, 0.2) is 0 Å². The van der Waals surface area contributed by atoms with Crippen LogP contribution < -0.4 is 5.32 Å². The molecule has 7 nitrogen and oxygen atoms in total. The van der Waals surface area contributed by atoms with Gasteiger partial charge in [-0.15, -0.1) is 0 Å². The maximum Gasteiger partial charge on any atom is 0.333 e. The molecule has 0 unspecified atom stereocenters. The Bertz CT molecular complexity index is 402. The van der Waals surface area contributed by atoms with E-state index < -0.39 is 23.6 Å². The molecule has 0 rings (SSSR count). The third kappa shape index (κ3) is 8.02. The molecule has 0 aliphatic rings. The van der Waals surface area contributed by atoms with Crippen LogP contribution in [0.5, 0.6) is 0 Å². The van der Waals surface area contributed by atoms with Crippen LogP contribution >= 0.6 is 0 Å². The molecule has 0 saturated heterocycles. The summed E-state index contributed by atoms with van der Waals surface area (Å²) in [5.41, 5.74) is 0.252. The minimum absolute atomic E-state index is 0.0169. The van der Waals surface area contributed by atoms with E-state index >= 15 is 0 Å². The molecule has 112 valence electrons. The highest BCUT2D eigenvalue weighted by molar-refractivity contribution is 6.36. The van der Waals surface area contributed by atoms with Gasteiger partial charge in [-0.05, 0) is 13.8 Å². The molecule has 0 aliphatic heterocycles. The molecule has 0 radical (unpaired) electrons. The van der Waals surface area contributed by atoms with Crippen molar-refractivity contribution in [3.05, 3.63) is 12.2 Å². The van der Waals surface area contributed by atoms with Crippen molar-refractivity contribution >= 4 is 23.6 Å². The van der Waals surface area contributed by atoms with Crippen LogP contribution in [0.3, 0.4) is 0 Å². The molecular weight excluding hydrogens is 266 g/mol. The van der Waals surface area contributed by atoms with E-state index in [9.17, 15) is 19.2 Å². The van der Waals surface area contributed by atoms with Crippen LogP contribution in [0.15, 0.2) is 12.2 Å². The Morgan fingerprint density at radius 3 is 2.30 bits per heavy atom. The van der Waals surface area contributed by atoms with Crippen LogP contribution in [0, 0.1) is 0 Å². The minimum Gasteiger partial charge on any atom is -0.466 e. The number of rotatable bonds is 9. The number of hydrogen-bond acceptors (Lipinski definition) is 6. The van der Waals surface area contributed by atoms with E-state index in [-0.39, 0.29) is 38.2 Å². The van der Waals surface area contributed by atoms with Crippen LogP contribution in [0.4, 0.5) is 0 Å². The highest BCUT2D eigenvalue weighted by atomic mass is 16.5. The first-order valence-corrected chi connectivity index (χ1v) is 6.17. The normalized spacial score (nSPS) is 9.50. The van der Waals surface area contributed by atoms with E-state index in [4.69, 9.17) is 4.74 Å². The van der Waals surface area contributed by atoms with Crippen LogP contribution in [0.2, 0.25) is 0 Å². The van der Waals surface area contributed by atoms with Crippen molar-refractivity contribution in [2.24, 2.45) is 0 Å². The number of carbonyl (C=O) groups excluding carboxylic acids is 4. The van der Waals surface area contributed by atoms with Crippen molar-refractivity contribution in [3.63, 3.8) is 0 Å². The molecule has 0 saturated carbocycles. The van der Waals surface area contributed by atoms with Gasteiger partial charge in [-0.1, -0.05) is 6.58 Å². The Labute approximate surface area is 117 Å². The summed E-state index contributed by atoms with van der Waals surface area (Å²) < 4.78 is 9.36. The third-order valence-electron chi connectivity index (χ3n) is 2.08. The Hall–Kier alpha value is -2.18. The molecule has 0 fully saturated rings. The molecule has 1 N–H and O–H groups in total. The standard InChI is InChI=1S/C13H19NO6/c1-4-19-11(16)6-5-10(15)12(17)14-7-8-20-13(18)9(2)3/h2,4-8H2,1,3H3,(H,14,17). The molecular formula is C13H19NO6. The monoisotopic (exact) mass is 285 g/mol. The van der Waals surface area contributed by atoms with Crippen molar-refractivity contribution in [1.29, 1.82) is 0 Å². The summed E-state index contributed by atoms with van der Waals surface area (Å²) in [6, 6.07) is 0. The lowest BCUT2D eigenvalue weighted by Crippen LogP contribution is -2.34. The van der Waals surface area contributed by atoms with Gasteiger partial charge in [0.05, 0.1) is 19.6 Å². The summed E-state index contributed by atoms with van der Waals surface area (Å²) in [5, 5.41) is 2.28. The number of ketones is 1. The van der Waals surface area contributed by atoms with Gasteiger partial charge in [-0.2, -0.15) is 0 Å². The molecule has 0 atom stereocenters. The van der Waals surface area contributed by atoms with Gasteiger partial charge >= 0.3 is 11.9 Å². The summed E-state index contributed by atoms with van der Waals surface area (Å²) in [7, 11) is 0. The SMILES string of the molecule is C=C(C)C(=O)OCCNC(=O)C(=O)CCC(=O)OCC. The number of carbonyl (C=O) groups is 4. The maximum absolute atomic E-state index is 11.3. The second-order valence-corrected chi connectivity index (χ2v) is 3.90. The summed E-state index contributed by atoms with van der Waals surface area (Å²) in [5.74, 6) is -2.62. The third-order valence-corrected chi connectivity index (χ3v) is 2.08. The van der Waals surface area contributed by atoms with Crippen LogP contribution in [-0.4, -0.2) is 43.4 Å². The molecule has 0 aromatic carbocycles. The second kappa shape index (κ2) is 9.71. The Morgan fingerprint density at radius 1 is 1.10 bits per heavy atom. The van der Waals surface area contributed by atoms with Crippen molar-refractivity contribution in [2.45, 2.75) is 26.7 Å². The quantitative estimate of drug-likeness (QED) is 0.280. The van der Waals surface area contributed by atoms with E-state index in [1.807, 2.05) is 0 Å². The number of nitrogens with one attached hydrogen (secondary N) is 1. The van der Waals surface area contributed by atoms with E-state index in [0.29, 0.717) is 0 Å². The molecule has 0 aromatic heterocycles. The lowest BCUT2D eigenvalue weighted by molar-refractivity contribution is -0.145. The molecule has 0 aromatic rings.